The Kier molecular flexibility index (Phi) is 7.02. The summed E-state index contributed by atoms with van der Waals surface area (Å²) in [5.41, 5.74) is 1.92. The van der Waals surface area contributed by atoms with Crippen molar-refractivity contribution in [1.29, 1.82) is 0 Å². The molecule has 0 aliphatic rings. The number of aromatic nitrogens is 4. The molecule has 0 aliphatic carbocycles. The highest BCUT2D eigenvalue weighted by atomic mass is 32.2. The molecule has 0 saturated heterocycles. The molecule has 150 valence electrons. The molecule has 1 N–H and O–H groups in total. The summed E-state index contributed by atoms with van der Waals surface area (Å²) in [6, 6.07) is 11.4. The van der Waals surface area contributed by atoms with Crippen molar-refractivity contribution >= 4 is 17.7 Å². The van der Waals surface area contributed by atoms with Crippen molar-refractivity contribution in [2.45, 2.75) is 30.4 Å². The summed E-state index contributed by atoms with van der Waals surface area (Å²) in [6.45, 7) is 6.67. The number of nitrogens with one attached hydrogen (secondary N) is 1. The van der Waals surface area contributed by atoms with Crippen LogP contribution in [0.3, 0.4) is 0 Å². The minimum absolute atomic E-state index is 0.0653. The van der Waals surface area contributed by atoms with E-state index in [2.05, 4.69) is 27.1 Å². The first-order chi connectivity index (χ1) is 14.1. The highest BCUT2D eigenvalue weighted by molar-refractivity contribution is 8.00. The van der Waals surface area contributed by atoms with Crippen LogP contribution in [0.2, 0.25) is 0 Å². The predicted octanol–water partition coefficient (Wildman–Crippen LogP) is 3.33. The average Bonchev–Trinajstić information content (AvgIpc) is 3.15. The molecule has 1 aromatic carbocycles. The topological polar surface area (TPSA) is 81.9 Å². The van der Waals surface area contributed by atoms with Crippen molar-refractivity contribution in [2.24, 2.45) is 0 Å². The average molecular weight is 410 g/mol. The maximum atomic E-state index is 12.5. The van der Waals surface area contributed by atoms with Crippen LogP contribution in [0, 0.1) is 0 Å². The molecule has 29 heavy (non-hydrogen) atoms. The molecule has 0 bridgehead atoms. The van der Waals surface area contributed by atoms with Gasteiger partial charge in [-0.05, 0) is 36.8 Å². The number of ether oxygens (including phenoxy) is 1. The Morgan fingerprint density at radius 1 is 1.24 bits per heavy atom. The number of carbonyl (C=O) groups excluding carboxylic acids is 1. The fourth-order valence-corrected chi connectivity index (χ4v) is 3.55. The number of carbonyl (C=O) groups is 1. The Labute approximate surface area is 174 Å². The van der Waals surface area contributed by atoms with E-state index in [9.17, 15) is 4.79 Å². The van der Waals surface area contributed by atoms with Gasteiger partial charge in [-0.15, -0.1) is 16.8 Å². The molecule has 7 nitrogen and oxygen atoms in total. The largest absolute Gasteiger partial charge is 0.497 e. The highest BCUT2D eigenvalue weighted by Gasteiger charge is 2.20. The van der Waals surface area contributed by atoms with Crippen LogP contribution in [-0.4, -0.2) is 38.0 Å². The zero-order valence-corrected chi connectivity index (χ0v) is 17.2. The van der Waals surface area contributed by atoms with Crippen molar-refractivity contribution in [3.8, 4) is 17.1 Å². The van der Waals surface area contributed by atoms with Gasteiger partial charge in [-0.3, -0.25) is 14.3 Å². The van der Waals surface area contributed by atoms with Gasteiger partial charge in [-0.1, -0.05) is 30.0 Å². The van der Waals surface area contributed by atoms with Gasteiger partial charge in [0, 0.05) is 31.0 Å². The maximum absolute atomic E-state index is 12.5. The molecule has 0 spiro atoms. The summed E-state index contributed by atoms with van der Waals surface area (Å²) in [4.78, 5) is 16.6. The fourth-order valence-electron chi connectivity index (χ4n) is 2.67. The van der Waals surface area contributed by atoms with E-state index in [0.717, 1.165) is 22.7 Å². The zero-order chi connectivity index (χ0) is 20.6. The number of benzene rings is 1. The SMILES string of the molecule is C=CCn1c(S[C@@H](C)C(=O)NCc2ccc(OC)cc2)nnc1-c1ccncc1. The minimum atomic E-state index is -0.327. The first-order valence-electron chi connectivity index (χ1n) is 9.14. The lowest BCUT2D eigenvalue weighted by molar-refractivity contribution is -0.120. The van der Waals surface area contributed by atoms with E-state index < -0.39 is 0 Å². The zero-order valence-electron chi connectivity index (χ0n) is 16.4. The Morgan fingerprint density at radius 2 is 1.97 bits per heavy atom. The van der Waals surface area contributed by atoms with Crippen molar-refractivity contribution < 1.29 is 9.53 Å². The molecule has 0 saturated carbocycles. The van der Waals surface area contributed by atoms with Gasteiger partial charge in [-0.2, -0.15) is 0 Å². The quantitative estimate of drug-likeness (QED) is 0.431. The lowest BCUT2D eigenvalue weighted by Gasteiger charge is -2.13. The van der Waals surface area contributed by atoms with Crippen LogP contribution in [0.5, 0.6) is 5.75 Å². The molecule has 1 amide bonds. The molecular weight excluding hydrogens is 386 g/mol. The van der Waals surface area contributed by atoms with E-state index in [1.54, 1.807) is 25.6 Å². The number of allylic oxidation sites excluding steroid dienone is 1. The molecule has 0 fully saturated rings. The van der Waals surface area contributed by atoms with E-state index in [1.807, 2.05) is 47.9 Å². The van der Waals surface area contributed by atoms with Crippen LogP contribution in [-0.2, 0) is 17.9 Å². The second-order valence-electron chi connectivity index (χ2n) is 6.27. The first kappa shape index (κ1) is 20.6. The Morgan fingerprint density at radius 3 is 2.62 bits per heavy atom. The van der Waals surface area contributed by atoms with Gasteiger partial charge < -0.3 is 10.1 Å². The van der Waals surface area contributed by atoms with Crippen molar-refractivity contribution in [1.82, 2.24) is 25.1 Å². The monoisotopic (exact) mass is 409 g/mol. The first-order valence-corrected chi connectivity index (χ1v) is 10.0. The lowest BCUT2D eigenvalue weighted by Crippen LogP contribution is -2.30. The number of pyridine rings is 1. The maximum Gasteiger partial charge on any atom is 0.233 e. The number of methoxy groups -OCH3 is 1. The fraction of sp³-hybridized carbons (Fsp3) is 0.238. The van der Waals surface area contributed by atoms with E-state index in [1.165, 1.54) is 11.8 Å². The summed E-state index contributed by atoms with van der Waals surface area (Å²) >= 11 is 1.37. The summed E-state index contributed by atoms with van der Waals surface area (Å²) in [5.74, 6) is 1.45. The molecule has 3 aromatic rings. The molecule has 3 rings (SSSR count). The van der Waals surface area contributed by atoms with E-state index >= 15 is 0 Å². The van der Waals surface area contributed by atoms with Crippen LogP contribution >= 0.6 is 11.8 Å². The molecule has 0 unspecified atom stereocenters. The van der Waals surface area contributed by atoms with Crippen LogP contribution in [0.1, 0.15) is 12.5 Å². The van der Waals surface area contributed by atoms with Gasteiger partial charge in [0.15, 0.2) is 11.0 Å². The molecule has 8 heteroatoms. The van der Waals surface area contributed by atoms with Gasteiger partial charge in [-0.25, -0.2) is 0 Å². The van der Waals surface area contributed by atoms with Crippen LogP contribution in [0.4, 0.5) is 0 Å². The van der Waals surface area contributed by atoms with Crippen LogP contribution in [0.25, 0.3) is 11.4 Å². The number of amides is 1. The van der Waals surface area contributed by atoms with Crippen LogP contribution < -0.4 is 10.1 Å². The van der Waals surface area contributed by atoms with Gasteiger partial charge in [0.2, 0.25) is 5.91 Å². The van der Waals surface area contributed by atoms with Gasteiger partial charge >= 0.3 is 0 Å². The predicted molar refractivity (Wildman–Crippen MR) is 114 cm³/mol. The number of thioether (sulfide) groups is 1. The standard InChI is InChI=1S/C21H23N5O2S/c1-4-13-26-19(17-9-11-22-12-10-17)24-25-21(26)29-15(2)20(27)23-14-16-5-7-18(28-3)8-6-16/h4-12,15H,1,13-14H2,2-3H3,(H,23,27)/t15-/m0/s1. The Balaban J connectivity index is 1.66. The lowest BCUT2D eigenvalue weighted by atomic mass is 10.2. The van der Waals surface area contributed by atoms with Crippen LogP contribution in [0.15, 0.2) is 66.6 Å². The van der Waals surface area contributed by atoms with Gasteiger partial charge in [0.25, 0.3) is 0 Å². The minimum Gasteiger partial charge on any atom is -0.497 e. The summed E-state index contributed by atoms with van der Waals surface area (Å²) in [7, 11) is 1.63. The third kappa shape index (κ3) is 5.23. The summed E-state index contributed by atoms with van der Waals surface area (Å²) in [5, 5.41) is 11.9. The van der Waals surface area contributed by atoms with Crippen molar-refractivity contribution in [2.75, 3.05) is 7.11 Å². The molecule has 2 aromatic heterocycles. The number of hydrogen-bond acceptors (Lipinski definition) is 6. The van der Waals surface area contributed by atoms with Crippen molar-refractivity contribution in [3.05, 3.63) is 67.0 Å². The van der Waals surface area contributed by atoms with E-state index in [-0.39, 0.29) is 11.2 Å². The number of nitrogens with zero attached hydrogens (tertiary/aromatic N) is 4. The number of hydrogen-bond donors (Lipinski definition) is 1. The smallest absolute Gasteiger partial charge is 0.233 e. The molecular formula is C21H23N5O2S. The second-order valence-corrected chi connectivity index (χ2v) is 7.58. The molecule has 1 atom stereocenters. The summed E-state index contributed by atoms with van der Waals surface area (Å²) in [6.07, 6.45) is 5.21. The van der Waals surface area contributed by atoms with Crippen molar-refractivity contribution in [3.63, 3.8) is 0 Å². The third-order valence-corrected chi connectivity index (χ3v) is 5.32. The highest BCUT2D eigenvalue weighted by Crippen LogP contribution is 2.26. The second kappa shape index (κ2) is 9.88. The third-order valence-electron chi connectivity index (χ3n) is 4.24. The molecule has 2 heterocycles. The summed E-state index contributed by atoms with van der Waals surface area (Å²) < 4.78 is 7.09. The Hall–Kier alpha value is -3.13. The normalized spacial score (nSPS) is 11.7. The van der Waals surface area contributed by atoms with Gasteiger partial charge in [0.05, 0.1) is 12.4 Å². The number of rotatable bonds is 9. The van der Waals surface area contributed by atoms with E-state index in [4.69, 9.17) is 4.74 Å². The van der Waals surface area contributed by atoms with E-state index in [0.29, 0.717) is 18.2 Å². The molecule has 0 radical (unpaired) electrons. The Bertz CT molecular complexity index is 957. The molecule has 0 aliphatic heterocycles. The van der Waals surface area contributed by atoms with Gasteiger partial charge in [0.1, 0.15) is 5.75 Å².